The minimum atomic E-state index is 0. The van der Waals surface area contributed by atoms with Gasteiger partial charge >= 0.3 is 0 Å². The van der Waals surface area contributed by atoms with Crippen molar-refractivity contribution in [1.82, 2.24) is 4.90 Å². The van der Waals surface area contributed by atoms with Crippen LogP contribution in [0.15, 0.2) is 18.2 Å². The molecule has 1 heterocycles. The molecular formula is C17H21Cl3N2O. The third-order valence-electron chi connectivity index (χ3n) is 5.70. The highest BCUT2D eigenvalue weighted by molar-refractivity contribution is 6.42. The van der Waals surface area contributed by atoms with Gasteiger partial charge < -0.3 is 10.6 Å². The summed E-state index contributed by atoms with van der Waals surface area (Å²) in [4.78, 5) is 14.8. The Bertz CT molecular complexity index is 624. The number of nitrogens with zero attached hydrogens (tertiary/aromatic N) is 1. The SMILES string of the molecule is Cl.NC1CCC2CN(C(=O)C3CC3c3ccc(Cl)c(Cl)c3)CC12. The zero-order valence-corrected chi connectivity index (χ0v) is 15.1. The van der Waals surface area contributed by atoms with E-state index in [1.54, 1.807) is 0 Å². The lowest BCUT2D eigenvalue weighted by atomic mass is 9.98. The van der Waals surface area contributed by atoms with Crippen molar-refractivity contribution >= 4 is 41.5 Å². The molecular weight excluding hydrogens is 355 g/mol. The van der Waals surface area contributed by atoms with Gasteiger partial charge in [0, 0.05) is 25.0 Å². The fourth-order valence-corrected chi connectivity index (χ4v) is 4.61. The summed E-state index contributed by atoms with van der Waals surface area (Å²) in [7, 11) is 0. The zero-order valence-electron chi connectivity index (χ0n) is 12.8. The van der Waals surface area contributed by atoms with E-state index in [4.69, 9.17) is 28.9 Å². The van der Waals surface area contributed by atoms with E-state index in [9.17, 15) is 4.79 Å². The number of likely N-dealkylation sites (tertiary alicyclic amines) is 1. The number of fused-ring (bicyclic) bond motifs is 1. The summed E-state index contributed by atoms with van der Waals surface area (Å²) in [5.74, 6) is 1.87. The van der Waals surface area contributed by atoms with Crippen LogP contribution in [0.5, 0.6) is 0 Å². The van der Waals surface area contributed by atoms with Crippen molar-refractivity contribution in [2.45, 2.75) is 31.2 Å². The number of hydrogen-bond donors (Lipinski definition) is 1. The lowest BCUT2D eigenvalue weighted by Crippen LogP contribution is -2.34. The molecule has 3 fully saturated rings. The van der Waals surface area contributed by atoms with Gasteiger partial charge in [-0.15, -0.1) is 12.4 Å². The molecule has 3 aliphatic rings. The minimum absolute atomic E-state index is 0. The molecule has 3 nitrogen and oxygen atoms in total. The van der Waals surface area contributed by atoms with Crippen LogP contribution in [0.25, 0.3) is 0 Å². The average molecular weight is 376 g/mol. The van der Waals surface area contributed by atoms with Gasteiger partial charge in [-0.2, -0.15) is 0 Å². The Balaban J connectivity index is 0.00000156. The van der Waals surface area contributed by atoms with Gasteiger partial charge in [0.15, 0.2) is 0 Å². The summed E-state index contributed by atoms with van der Waals surface area (Å²) in [6, 6.07) is 5.99. The third kappa shape index (κ3) is 3.09. The summed E-state index contributed by atoms with van der Waals surface area (Å²) in [6.07, 6.45) is 3.22. The van der Waals surface area contributed by atoms with Crippen molar-refractivity contribution in [3.8, 4) is 0 Å². The lowest BCUT2D eigenvalue weighted by Gasteiger charge is -2.19. The summed E-state index contributed by atoms with van der Waals surface area (Å²) in [6.45, 7) is 1.76. The molecule has 0 radical (unpaired) electrons. The summed E-state index contributed by atoms with van der Waals surface area (Å²) in [5, 5.41) is 1.13. The number of nitrogens with two attached hydrogens (primary N) is 1. The maximum Gasteiger partial charge on any atom is 0.226 e. The molecule has 1 amide bonds. The van der Waals surface area contributed by atoms with E-state index >= 15 is 0 Å². The van der Waals surface area contributed by atoms with Crippen LogP contribution in [0.2, 0.25) is 10.0 Å². The van der Waals surface area contributed by atoms with Crippen LogP contribution in [-0.4, -0.2) is 29.9 Å². The number of halogens is 3. The largest absolute Gasteiger partial charge is 0.342 e. The third-order valence-corrected chi connectivity index (χ3v) is 6.44. The Kier molecular flexibility index (Phi) is 4.85. The van der Waals surface area contributed by atoms with Gasteiger partial charge in [0.25, 0.3) is 0 Å². The minimum Gasteiger partial charge on any atom is -0.342 e. The Labute approximate surface area is 152 Å². The average Bonchev–Trinajstić information content (AvgIpc) is 3.06. The van der Waals surface area contributed by atoms with Crippen LogP contribution < -0.4 is 5.73 Å². The predicted octanol–water partition coefficient (Wildman–Crippen LogP) is 3.71. The highest BCUT2D eigenvalue weighted by Crippen LogP contribution is 2.50. The molecule has 126 valence electrons. The van der Waals surface area contributed by atoms with Gasteiger partial charge in [-0.25, -0.2) is 0 Å². The van der Waals surface area contributed by atoms with E-state index < -0.39 is 0 Å². The Morgan fingerprint density at radius 3 is 2.65 bits per heavy atom. The second kappa shape index (κ2) is 6.44. The Morgan fingerprint density at radius 2 is 1.96 bits per heavy atom. The molecule has 4 rings (SSSR count). The highest BCUT2D eigenvalue weighted by atomic mass is 35.5. The van der Waals surface area contributed by atoms with E-state index in [0.717, 1.165) is 31.5 Å². The molecule has 1 saturated heterocycles. The van der Waals surface area contributed by atoms with Crippen LogP contribution in [0.1, 0.15) is 30.7 Å². The molecule has 5 unspecified atom stereocenters. The summed E-state index contributed by atoms with van der Waals surface area (Å²) in [5.41, 5.74) is 7.29. The second-order valence-corrected chi connectivity index (χ2v) is 7.84. The normalized spacial score (nSPS) is 34.9. The number of carbonyl (C=O) groups is 1. The maximum atomic E-state index is 12.7. The van der Waals surface area contributed by atoms with Gasteiger partial charge in [0.05, 0.1) is 10.0 Å². The molecule has 0 spiro atoms. The molecule has 1 aliphatic heterocycles. The quantitative estimate of drug-likeness (QED) is 0.856. The molecule has 0 aromatic heterocycles. The maximum absolute atomic E-state index is 12.7. The van der Waals surface area contributed by atoms with Gasteiger partial charge in [0.2, 0.25) is 5.91 Å². The van der Waals surface area contributed by atoms with E-state index in [1.807, 2.05) is 18.2 Å². The van der Waals surface area contributed by atoms with Crippen molar-refractivity contribution in [2.24, 2.45) is 23.5 Å². The fourth-order valence-electron chi connectivity index (χ4n) is 4.30. The predicted molar refractivity (Wildman–Crippen MR) is 95.3 cm³/mol. The van der Waals surface area contributed by atoms with Gasteiger partial charge in [-0.3, -0.25) is 4.79 Å². The first-order valence-electron chi connectivity index (χ1n) is 8.04. The second-order valence-electron chi connectivity index (χ2n) is 7.03. The molecule has 23 heavy (non-hydrogen) atoms. The monoisotopic (exact) mass is 374 g/mol. The van der Waals surface area contributed by atoms with Crippen molar-refractivity contribution in [1.29, 1.82) is 0 Å². The van der Waals surface area contributed by atoms with Gasteiger partial charge in [-0.05, 0) is 54.7 Å². The van der Waals surface area contributed by atoms with Crippen LogP contribution in [0.4, 0.5) is 0 Å². The van der Waals surface area contributed by atoms with Gasteiger partial charge in [0.1, 0.15) is 0 Å². The van der Waals surface area contributed by atoms with Crippen molar-refractivity contribution in [3.05, 3.63) is 33.8 Å². The highest BCUT2D eigenvalue weighted by Gasteiger charge is 2.49. The van der Waals surface area contributed by atoms with E-state index in [-0.39, 0.29) is 24.4 Å². The first-order chi connectivity index (χ1) is 10.5. The molecule has 2 saturated carbocycles. The first-order valence-corrected chi connectivity index (χ1v) is 8.79. The Hall–Kier alpha value is -0.480. The van der Waals surface area contributed by atoms with Gasteiger partial charge in [-0.1, -0.05) is 29.3 Å². The topological polar surface area (TPSA) is 46.3 Å². The van der Waals surface area contributed by atoms with Crippen molar-refractivity contribution in [3.63, 3.8) is 0 Å². The van der Waals surface area contributed by atoms with Crippen LogP contribution in [0, 0.1) is 17.8 Å². The zero-order chi connectivity index (χ0) is 15.4. The smallest absolute Gasteiger partial charge is 0.226 e. The number of rotatable bonds is 2. The molecule has 2 N–H and O–H groups in total. The molecule has 1 aromatic carbocycles. The summed E-state index contributed by atoms with van der Waals surface area (Å²) >= 11 is 12.0. The first kappa shape index (κ1) is 17.3. The van der Waals surface area contributed by atoms with Crippen LogP contribution in [0.3, 0.4) is 0 Å². The molecule has 6 heteroatoms. The molecule has 5 atom stereocenters. The number of carbonyl (C=O) groups excluding carboxylic acids is 1. The molecule has 2 aliphatic carbocycles. The standard InChI is InChI=1S/C17H20Cl2N2O.ClH/c18-14-3-1-9(5-15(14)19)11-6-12(11)17(22)21-7-10-2-4-16(20)13(10)8-21;/h1,3,5,10-13,16H,2,4,6-8,20H2;1H. The fraction of sp³-hybridized carbons (Fsp3) is 0.588. The van der Waals surface area contributed by atoms with Crippen molar-refractivity contribution in [2.75, 3.05) is 13.1 Å². The summed E-state index contributed by atoms with van der Waals surface area (Å²) < 4.78 is 0. The van der Waals surface area contributed by atoms with E-state index in [0.29, 0.717) is 33.7 Å². The van der Waals surface area contributed by atoms with E-state index in [2.05, 4.69) is 4.90 Å². The van der Waals surface area contributed by atoms with Crippen molar-refractivity contribution < 1.29 is 4.79 Å². The number of hydrogen-bond acceptors (Lipinski definition) is 2. The van der Waals surface area contributed by atoms with Crippen LogP contribution >= 0.6 is 35.6 Å². The van der Waals surface area contributed by atoms with Crippen LogP contribution in [-0.2, 0) is 4.79 Å². The number of amides is 1. The lowest BCUT2D eigenvalue weighted by molar-refractivity contribution is -0.131. The molecule has 0 bridgehead atoms. The number of benzene rings is 1. The van der Waals surface area contributed by atoms with E-state index in [1.165, 1.54) is 6.42 Å². The Morgan fingerprint density at radius 1 is 1.17 bits per heavy atom. The molecule has 1 aromatic rings.